The molecule has 0 saturated heterocycles. The molecule has 0 bridgehead atoms. The molecule has 0 aliphatic carbocycles. The molecule has 6 nitrogen and oxygen atoms in total. The maximum absolute atomic E-state index is 12.0. The first-order chi connectivity index (χ1) is 9.61. The predicted octanol–water partition coefficient (Wildman–Crippen LogP) is 2.21. The molecule has 7 heteroatoms. The Morgan fingerprint density at radius 3 is 2.71 bits per heavy atom. The first kappa shape index (κ1) is 17.1. The Morgan fingerprint density at radius 1 is 1.43 bits per heavy atom. The van der Waals surface area contributed by atoms with Gasteiger partial charge in [-0.1, -0.05) is 20.3 Å². The molecule has 0 aliphatic heterocycles. The van der Waals surface area contributed by atoms with Crippen LogP contribution < -0.4 is 11.1 Å². The summed E-state index contributed by atoms with van der Waals surface area (Å²) in [7, 11) is 0. The summed E-state index contributed by atoms with van der Waals surface area (Å²) in [5, 5.41) is 9.67. The van der Waals surface area contributed by atoms with E-state index in [1.165, 1.54) is 0 Å². The van der Waals surface area contributed by atoms with E-state index >= 15 is 0 Å². The van der Waals surface area contributed by atoms with Crippen LogP contribution in [0.5, 0.6) is 0 Å². The van der Waals surface area contributed by atoms with Gasteiger partial charge in [-0.25, -0.2) is 0 Å². The molecule has 2 atom stereocenters. The highest BCUT2D eigenvalue weighted by Crippen LogP contribution is 2.18. The summed E-state index contributed by atoms with van der Waals surface area (Å²) in [4.78, 5) is 15.9. The molecular formula is C14H20ClN5O. The van der Waals surface area contributed by atoms with Crippen LogP contribution in [0.4, 0.5) is 5.82 Å². The largest absolute Gasteiger partial charge is 0.320 e. The topological polar surface area (TPSA) is 96.7 Å². The Labute approximate surface area is 129 Å². The lowest BCUT2D eigenvalue weighted by Gasteiger charge is -2.16. The molecule has 2 rings (SSSR count). The molecule has 2 aromatic heterocycles. The summed E-state index contributed by atoms with van der Waals surface area (Å²) in [5.74, 6) is 0.390. The number of nitrogens with one attached hydrogen (secondary N) is 2. The zero-order chi connectivity index (χ0) is 14.5. The molecule has 4 N–H and O–H groups in total. The zero-order valence-electron chi connectivity index (χ0n) is 12.0. The fourth-order valence-electron chi connectivity index (χ4n) is 1.79. The number of hydrogen-bond acceptors (Lipinski definition) is 4. The first-order valence-electron chi connectivity index (χ1n) is 6.64. The summed E-state index contributed by atoms with van der Waals surface area (Å²) >= 11 is 0. The molecule has 2 aromatic rings. The molecule has 0 aliphatic rings. The van der Waals surface area contributed by atoms with E-state index < -0.39 is 6.04 Å². The Kier molecular flexibility index (Phi) is 6.33. The number of nitrogens with zero attached hydrogens (tertiary/aromatic N) is 2. The maximum Gasteiger partial charge on any atom is 0.242 e. The Balaban J connectivity index is 0.00000220. The van der Waals surface area contributed by atoms with Gasteiger partial charge in [-0.05, 0) is 18.1 Å². The molecule has 1 amide bonds. The van der Waals surface area contributed by atoms with Gasteiger partial charge in [0, 0.05) is 24.0 Å². The smallest absolute Gasteiger partial charge is 0.242 e. The summed E-state index contributed by atoms with van der Waals surface area (Å²) < 4.78 is 0. The van der Waals surface area contributed by atoms with Crippen LogP contribution in [-0.2, 0) is 4.79 Å². The van der Waals surface area contributed by atoms with Gasteiger partial charge in [-0.3, -0.25) is 14.9 Å². The highest BCUT2D eigenvalue weighted by atomic mass is 35.5. The van der Waals surface area contributed by atoms with Crippen molar-refractivity contribution in [3.05, 3.63) is 30.6 Å². The normalized spacial score (nSPS) is 13.1. The van der Waals surface area contributed by atoms with Crippen LogP contribution >= 0.6 is 12.4 Å². The summed E-state index contributed by atoms with van der Waals surface area (Å²) in [6.07, 6.45) is 4.26. The third-order valence-electron chi connectivity index (χ3n) is 3.38. The molecule has 0 aromatic carbocycles. The van der Waals surface area contributed by atoms with Crippen molar-refractivity contribution in [3.63, 3.8) is 0 Å². The number of carbonyl (C=O) groups excluding carboxylic acids is 1. The highest BCUT2D eigenvalue weighted by Gasteiger charge is 2.20. The molecule has 0 fully saturated rings. The lowest BCUT2D eigenvalue weighted by Crippen LogP contribution is -2.40. The minimum absolute atomic E-state index is 0. The van der Waals surface area contributed by atoms with Crippen molar-refractivity contribution in [1.29, 1.82) is 0 Å². The zero-order valence-corrected chi connectivity index (χ0v) is 12.9. The minimum Gasteiger partial charge on any atom is -0.320 e. The van der Waals surface area contributed by atoms with Gasteiger partial charge in [-0.15, -0.1) is 12.4 Å². The number of aromatic amines is 1. The number of amides is 1. The van der Waals surface area contributed by atoms with E-state index in [0.29, 0.717) is 5.82 Å². The molecule has 0 saturated carbocycles. The highest BCUT2D eigenvalue weighted by molar-refractivity contribution is 5.94. The van der Waals surface area contributed by atoms with E-state index in [4.69, 9.17) is 5.73 Å². The number of H-pyrrole nitrogens is 1. The second kappa shape index (κ2) is 7.75. The fraction of sp³-hybridized carbons (Fsp3) is 0.357. The van der Waals surface area contributed by atoms with Crippen molar-refractivity contribution >= 4 is 24.1 Å². The third-order valence-corrected chi connectivity index (χ3v) is 3.38. The Hall–Kier alpha value is -1.92. The van der Waals surface area contributed by atoms with E-state index in [0.717, 1.165) is 17.7 Å². The van der Waals surface area contributed by atoms with Crippen LogP contribution in [0.3, 0.4) is 0 Å². The number of aromatic nitrogens is 3. The first-order valence-corrected chi connectivity index (χ1v) is 6.64. The van der Waals surface area contributed by atoms with Gasteiger partial charge in [0.15, 0.2) is 5.82 Å². The molecule has 0 spiro atoms. The number of nitrogens with two attached hydrogens (primary N) is 1. The van der Waals surface area contributed by atoms with Crippen molar-refractivity contribution in [2.24, 2.45) is 11.7 Å². The van der Waals surface area contributed by atoms with Crippen LogP contribution in [0, 0.1) is 5.92 Å². The number of rotatable bonds is 5. The van der Waals surface area contributed by atoms with E-state index in [1.54, 1.807) is 18.5 Å². The molecule has 2 unspecified atom stereocenters. The average molecular weight is 310 g/mol. The third kappa shape index (κ3) is 4.27. The number of pyridine rings is 1. The van der Waals surface area contributed by atoms with Gasteiger partial charge in [0.05, 0.1) is 11.7 Å². The van der Waals surface area contributed by atoms with Crippen LogP contribution in [0.1, 0.15) is 20.3 Å². The fourth-order valence-corrected chi connectivity index (χ4v) is 1.79. The van der Waals surface area contributed by atoms with Crippen molar-refractivity contribution < 1.29 is 4.79 Å². The summed E-state index contributed by atoms with van der Waals surface area (Å²) in [5.41, 5.74) is 7.66. The van der Waals surface area contributed by atoms with Crippen LogP contribution in [0.2, 0.25) is 0 Å². The van der Waals surface area contributed by atoms with Gasteiger partial charge >= 0.3 is 0 Å². The van der Waals surface area contributed by atoms with E-state index in [2.05, 4.69) is 20.5 Å². The average Bonchev–Trinajstić information content (AvgIpc) is 2.95. The Bertz CT molecular complexity index is 572. The van der Waals surface area contributed by atoms with Crippen molar-refractivity contribution in [2.75, 3.05) is 5.32 Å². The number of hydrogen-bond donors (Lipinski definition) is 3. The quantitative estimate of drug-likeness (QED) is 0.789. The molecule has 0 radical (unpaired) electrons. The lowest BCUT2D eigenvalue weighted by molar-refractivity contribution is -0.118. The maximum atomic E-state index is 12.0. The SMILES string of the molecule is CCC(C)C(N)C(=O)Nc1cc(-c2ccncc2)[nH]n1.Cl. The monoisotopic (exact) mass is 309 g/mol. The minimum atomic E-state index is -0.527. The predicted molar refractivity (Wildman–Crippen MR) is 85.1 cm³/mol. The molecular weight excluding hydrogens is 290 g/mol. The molecule has 21 heavy (non-hydrogen) atoms. The van der Waals surface area contributed by atoms with Crippen molar-refractivity contribution in [3.8, 4) is 11.3 Å². The van der Waals surface area contributed by atoms with Crippen LogP contribution in [-0.4, -0.2) is 27.1 Å². The second-order valence-corrected chi connectivity index (χ2v) is 4.80. The number of halogens is 1. The van der Waals surface area contributed by atoms with Crippen molar-refractivity contribution in [2.45, 2.75) is 26.3 Å². The van der Waals surface area contributed by atoms with E-state index in [-0.39, 0.29) is 24.2 Å². The van der Waals surface area contributed by atoms with Gasteiger partial charge < -0.3 is 11.1 Å². The molecule has 2 heterocycles. The van der Waals surface area contributed by atoms with E-state index in [9.17, 15) is 4.79 Å². The van der Waals surface area contributed by atoms with Crippen LogP contribution in [0.25, 0.3) is 11.3 Å². The number of carbonyl (C=O) groups is 1. The lowest BCUT2D eigenvalue weighted by atomic mass is 9.99. The van der Waals surface area contributed by atoms with E-state index in [1.807, 2.05) is 26.0 Å². The van der Waals surface area contributed by atoms with Gasteiger partial charge in [0.1, 0.15) is 0 Å². The van der Waals surface area contributed by atoms with Gasteiger partial charge in [0.25, 0.3) is 0 Å². The number of anilines is 1. The van der Waals surface area contributed by atoms with Gasteiger partial charge in [-0.2, -0.15) is 5.10 Å². The standard InChI is InChI=1S/C14H19N5O.ClH/c1-3-9(2)13(15)14(20)17-12-8-11(18-19-12)10-4-6-16-7-5-10;/h4-9,13H,3,15H2,1-2H3,(H2,17,18,19,20);1H. The Morgan fingerprint density at radius 2 is 2.10 bits per heavy atom. The summed E-state index contributed by atoms with van der Waals surface area (Å²) in [6, 6.07) is 4.98. The van der Waals surface area contributed by atoms with Gasteiger partial charge in [0.2, 0.25) is 5.91 Å². The van der Waals surface area contributed by atoms with Crippen LogP contribution in [0.15, 0.2) is 30.6 Å². The van der Waals surface area contributed by atoms with Crippen molar-refractivity contribution in [1.82, 2.24) is 15.2 Å². The summed E-state index contributed by atoms with van der Waals surface area (Å²) in [6.45, 7) is 3.96. The second-order valence-electron chi connectivity index (χ2n) is 4.80. The molecule has 114 valence electrons.